The number of anilines is 1. The highest BCUT2D eigenvalue weighted by Crippen LogP contribution is 2.66. The van der Waals surface area contributed by atoms with Crippen LogP contribution in [-0.2, 0) is 25.6 Å². The molecule has 2 N–H and O–H groups in total. The van der Waals surface area contributed by atoms with E-state index in [1.54, 1.807) is 0 Å². The highest BCUT2D eigenvalue weighted by atomic mass is 35.5. The molecule has 2 aromatic rings. The first-order valence-corrected chi connectivity index (χ1v) is 13.7. The first kappa shape index (κ1) is 29.3. The number of nitrogens with zero attached hydrogens (tertiary/aromatic N) is 1. The summed E-state index contributed by atoms with van der Waals surface area (Å²) in [5.41, 5.74) is -1.37. The number of phenolic OH excluding ortho intramolecular Hbond substituents is 1. The van der Waals surface area contributed by atoms with Crippen LogP contribution in [0.5, 0.6) is 5.75 Å². The molecule has 0 radical (unpaired) electrons. The van der Waals surface area contributed by atoms with Crippen molar-refractivity contribution >= 4 is 52.5 Å². The van der Waals surface area contributed by atoms with Crippen LogP contribution in [0.2, 0.25) is 0 Å². The number of imide groups is 2. The van der Waals surface area contributed by atoms with Gasteiger partial charge in [-0.15, -0.1) is 29.8 Å². The summed E-state index contributed by atoms with van der Waals surface area (Å²) >= 11 is 14.0. The van der Waals surface area contributed by atoms with E-state index in [0.717, 1.165) is 0 Å². The molecule has 0 unspecified atom stereocenters. The maximum atomic E-state index is 15.0. The quantitative estimate of drug-likeness (QED) is 0.126. The number of para-hydroxylation sites is 1. The molecule has 2 aliphatic carbocycles. The molecule has 2 heterocycles. The zero-order valence-electron chi connectivity index (χ0n) is 21.7. The van der Waals surface area contributed by atoms with E-state index in [9.17, 15) is 37.5 Å². The monoisotopic (exact) mass is 640 g/mol. The number of benzene rings is 2. The summed E-state index contributed by atoms with van der Waals surface area (Å²) in [6.45, 7) is 3.63. The number of phenols is 1. The van der Waals surface area contributed by atoms with Crippen LogP contribution in [0.15, 0.2) is 42.5 Å². The SMILES string of the molecule is C=CCc1cccc([C@H]2C3=CC[C@@H]4C(=O)NC(=O)[C@@H]4[C@@H]3C[C@@]3(Cl)C(=O)N(c4c(F)c(F)c(F)c(F)c4F)C(=O)[C@@]23Cl)c1O. The van der Waals surface area contributed by atoms with Gasteiger partial charge in [0.15, 0.2) is 33.0 Å². The van der Waals surface area contributed by atoms with E-state index in [2.05, 4.69) is 11.9 Å². The van der Waals surface area contributed by atoms with E-state index < -0.39 is 104 Å². The van der Waals surface area contributed by atoms with Gasteiger partial charge >= 0.3 is 0 Å². The summed E-state index contributed by atoms with van der Waals surface area (Å²) in [4.78, 5) is 48.0. The van der Waals surface area contributed by atoms with Gasteiger partial charge in [0, 0.05) is 11.5 Å². The maximum Gasteiger partial charge on any atom is 0.258 e. The average Bonchev–Trinajstić information content (AvgIpc) is 3.34. The zero-order valence-corrected chi connectivity index (χ0v) is 23.2. The fraction of sp³-hybridized carbons (Fsp3) is 0.310. The Kier molecular flexibility index (Phi) is 6.55. The fourth-order valence-electron chi connectivity index (χ4n) is 6.99. The van der Waals surface area contributed by atoms with Crippen molar-refractivity contribution < 1.29 is 46.2 Å². The Labute approximate surface area is 249 Å². The number of rotatable bonds is 4. The Bertz CT molecular complexity index is 1700. The minimum Gasteiger partial charge on any atom is -0.507 e. The minimum atomic E-state index is -2.70. The first-order valence-electron chi connectivity index (χ1n) is 13.0. The third-order valence-electron chi connectivity index (χ3n) is 8.89. The molecule has 14 heteroatoms. The predicted molar refractivity (Wildman–Crippen MR) is 142 cm³/mol. The van der Waals surface area contributed by atoms with Crippen molar-refractivity contribution in [2.24, 2.45) is 17.8 Å². The van der Waals surface area contributed by atoms with Gasteiger partial charge in [-0.05, 0) is 30.7 Å². The molecule has 6 atom stereocenters. The number of nitrogens with one attached hydrogen (secondary N) is 1. The lowest BCUT2D eigenvalue weighted by Crippen LogP contribution is -2.60. The van der Waals surface area contributed by atoms with E-state index >= 15 is 8.78 Å². The Hall–Kier alpha value is -3.77. The molecule has 0 bridgehead atoms. The number of alkyl halides is 2. The van der Waals surface area contributed by atoms with Crippen LogP contribution >= 0.6 is 23.2 Å². The first-order chi connectivity index (χ1) is 20.2. The number of halogens is 7. The molecule has 3 fully saturated rings. The zero-order chi connectivity index (χ0) is 31.3. The lowest BCUT2D eigenvalue weighted by Gasteiger charge is -2.50. The second-order valence-corrected chi connectivity index (χ2v) is 12.1. The topological polar surface area (TPSA) is 104 Å². The number of hydrogen-bond donors (Lipinski definition) is 2. The number of allylic oxidation sites excluding steroid dienone is 3. The summed E-state index contributed by atoms with van der Waals surface area (Å²) in [7, 11) is 0. The average molecular weight is 641 g/mol. The molecule has 43 heavy (non-hydrogen) atoms. The van der Waals surface area contributed by atoms with Crippen molar-refractivity contribution in [3.8, 4) is 5.75 Å². The smallest absolute Gasteiger partial charge is 0.258 e. The molecule has 4 aliphatic rings. The van der Waals surface area contributed by atoms with Crippen LogP contribution in [0, 0.1) is 46.8 Å². The van der Waals surface area contributed by atoms with Crippen LogP contribution in [-0.4, -0.2) is 38.5 Å². The molecular weight excluding hydrogens is 622 g/mol. The van der Waals surface area contributed by atoms with Gasteiger partial charge < -0.3 is 5.11 Å². The van der Waals surface area contributed by atoms with E-state index in [-0.39, 0.29) is 28.9 Å². The Morgan fingerprint density at radius 3 is 2.21 bits per heavy atom. The van der Waals surface area contributed by atoms with Crippen LogP contribution in [0.25, 0.3) is 0 Å². The molecule has 6 rings (SSSR count). The highest BCUT2D eigenvalue weighted by molar-refractivity contribution is 6.58. The van der Waals surface area contributed by atoms with E-state index in [4.69, 9.17) is 23.2 Å². The maximum absolute atomic E-state index is 15.0. The molecule has 7 nitrogen and oxygen atoms in total. The third kappa shape index (κ3) is 3.59. The number of carbonyl (C=O) groups excluding carboxylic acids is 4. The van der Waals surface area contributed by atoms with Gasteiger partial charge in [-0.3, -0.25) is 24.5 Å². The van der Waals surface area contributed by atoms with E-state index in [1.807, 2.05) is 0 Å². The molecule has 4 amide bonds. The van der Waals surface area contributed by atoms with Gasteiger partial charge in [-0.1, -0.05) is 35.9 Å². The Balaban J connectivity index is 1.64. The van der Waals surface area contributed by atoms with Gasteiger partial charge in [-0.2, -0.15) is 0 Å². The summed E-state index contributed by atoms with van der Waals surface area (Å²) in [6.07, 6.45) is 2.53. The molecule has 2 saturated heterocycles. The van der Waals surface area contributed by atoms with Crippen molar-refractivity contribution in [3.05, 3.63) is 82.7 Å². The van der Waals surface area contributed by atoms with Crippen LogP contribution in [0.1, 0.15) is 29.9 Å². The lowest BCUT2D eigenvalue weighted by molar-refractivity contribution is -0.127. The van der Waals surface area contributed by atoms with E-state index in [0.29, 0.717) is 5.56 Å². The molecule has 0 spiro atoms. The van der Waals surface area contributed by atoms with E-state index in [1.165, 1.54) is 30.4 Å². The summed E-state index contributed by atoms with van der Waals surface area (Å²) < 4.78 is 72.4. The largest absolute Gasteiger partial charge is 0.507 e. The van der Waals surface area contributed by atoms with Gasteiger partial charge in [0.1, 0.15) is 11.4 Å². The van der Waals surface area contributed by atoms with Crippen molar-refractivity contribution in [2.75, 3.05) is 4.90 Å². The van der Waals surface area contributed by atoms with Crippen LogP contribution in [0.4, 0.5) is 27.6 Å². The van der Waals surface area contributed by atoms with Crippen LogP contribution < -0.4 is 10.2 Å². The van der Waals surface area contributed by atoms with Gasteiger partial charge in [0.05, 0.1) is 11.8 Å². The molecule has 1 saturated carbocycles. The number of amides is 4. The van der Waals surface area contributed by atoms with Gasteiger partial charge in [0.25, 0.3) is 11.8 Å². The van der Waals surface area contributed by atoms with Crippen molar-refractivity contribution in [2.45, 2.75) is 34.9 Å². The fourth-order valence-corrected chi connectivity index (χ4v) is 7.91. The molecule has 2 aromatic carbocycles. The number of fused-ring (bicyclic) bond motifs is 4. The van der Waals surface area contributed by atoms with Crippen molar-refractivity contribution in [3.63, 3.8) is 0 Å². The van der Waals surface area contributed by atoms with Gasteiger partial charge in [0.2, 0.25) is 17.6 Å². The summed E-state index contributed by atoms with van der Waals surface area (Å²) in [5.74, 6) is -21.7. The van der Waals surface area contributed by atoms with Crippen molar-refractivity contribution in [1.82, 2.24) is 5.32 Å². The standard InChI is InChI=1S/C29H19Cl2F5N2O5/c1-2-4-10-5-3-6-13(23(10)39)16-11-7-8-12-15(25(41)37-24(12)40)14(11)9-28(30)26(42)38(27(43)29(16,28)31)22-20(35)18(33)17(32)19(34)21(22)36/h2-3,5-7,12,14-16,39H,1,4,8-9H2,(H,37,40,41)/t12-,14+,15-,16+,28+,29-/m0/s1. The second-order valence-electron chi connectivity index (χ2n) is 10.9. The highest BCUT2D eigenvalue weighted by Gasteiger charge is 2.77. The molecular formula is C29H19Cl2F5N2O5. The second kappa shape index (κ2) is 9.62. The predicted octanol–water partition coefficient (Wildman–Crippen LogP) is 4.67. The molecule has 2 aliphatic heterocycles. The summed E-state index contributed by atoms with van der Waals surface area (Å²) in [5, 5.41) is 13.5. The normalized spacial score (nSPS) is 31.4. The van der Waals surface area contributed by atoms with Gasteiger partial charge in [-0.25, -0.2) is 26.9 Å². The number of carbonyl (C=O) groups is 4. The Morgan fingerprint density at radius 1 is 0.953 bits per heavy atom. The Morgan fingerprint density at radius 2 is 1.58 bits per heavy atom. The molecule has 0 aromatic heterocycles. The molecule has 224 valence electrons. The number of aromatic hydroxyl groups is 1. The van der Waals surface area contributed by atoms with Crippen molar-refractivity contribution in [1.29, 1.82) is 0 Å². The van der Waals surface area contributed by atoms with Crippen LogP contribution in [0.3, 0.4) is 0 Å². The lowest BCUT2D eigenvalue weighted by atomic mass is 9.56. The minimum absolute atomic E-state index is 0.00340. The third-order valence-corrected chi connectivity index (χ3v) is 10.3. The number of hydrogen-bond acceptors (Lipinski definition) is 5. The summed E-state index contributed by atoms with van der Waals surface area (Å²) in [6, 6.07) is 4.39.